The third-order valence-electron chi connectivity index (χ3n) is 2.60. The van der Waals surface area contributed by atoms with Gasteiger partial charge in [0, 0.05) is 25.7 Å². The predicted molar refractivity (Wildman–Crippen MR) is 55.4 cm³/mol. The van der Waals surface area contributed by atoms with E-state index in [4.69, 9.17) is 5.11 Å². The van der Waals surface area contributed by atoms with Crippen LogP contribution in [-0.4, -0.2) is 28.0 Å². The molecule has 0 fully saturated rings. The standard InChI is InChI=1S/C11H14N2O2/c1-13-6-9-4-8(2-3-11(14)15)5-12-10(9)7-13/h4-5H,2-3,6-7H2,1H3,(H,14,15). The Hall–Kier alpha value is -1.42. The Bertz CT molecular complexity index is 390. The molecule has 80 valence electrons. The van der Waals surface area contributed by atoms with E-state index >= 15 is 0 Å². The van der Waals surface area contributed by atoms with Crippen LogP contribution in [-0.2, 0) is 24.3 Å². The Morgan fingerprint density at radius 3 is 3.13 bits per heavy atom. The molecule has 0 aromatic carbocycles. The molecule has 4 nitrogen and oxygen atoms in total. The zero-order valence-corrected chi connectivity index (χ0v) is 8.73. The van der Waals surface area contributed by atoms with Crippen LogP contribution in [0.2, 0.25) is 0 Å². The van der Waals surface area contributed by atoms with Crippen molar-refractivity contribution in [2.24, 2.45) is 0 Å². The largest absolute Gasteiger partial charge is 0.481 e. The third-order valence-corrected chi connectivity index (χ3v) is 2.60. The first-order chi connectivity index (χ1) is 7.15. The Kier molecular flexibility index (Phi) is 2.68. The average molecular weight is 206 g/mol. The maximum atomic E-state index is 10.4. The summed E-state index contributed by atoms with van der Waals surface area (Å²) in [6.45, 7) is 1.82. The van der Waals surface area contributed by atoms with Crippen LogP contribution in [0.15, 0.2) is 12.3 Å². The summed E-state index contributed by atoms with van der Waals surface area (Å²) in [4.78, 5) is 17.0. The molecular formula is C11H14N2O2. The van der Waals surface area contributed by atoms with Gasteiger partial charge in [0.15, 0.2) is 0 Å². The first kappa shape index (κ1) is 10.1. The lowest BCUT2D eigenvalue weighted by Gasteiger charge is -2.02. The summed E-state index contributed by atoms with van der Waals surface area (Å²) in [5, 5.41) is 8.58. The molecular weight excluding hydrogens is 192 g/mol. The fourth-order valence-electron chi connectivity index (χ4n) is 1.86. The van der Waals surface area contributed by atoms with Gasteiger partial charge in [0.25, 0.3) is 0 Å². The molecule has 1 aliphatic heterocycles. The van der Waals surface area contributed by atoms with E-state index in [9.17, 15) is 4.79 Å². The average Bonchev–Trinajstić information content (AvgIpc) is 2.53. The van der Waals surface area contributed by atoms with E-state index in [2.05, 4.69) is 23.0 Å². The third kappa shape index (κ3) is 2.33. The monoisotopic (exact) mass is 206 g/mol. The van der Waals surface area contributed by atoms with Crippen molar-refractivity contribution in [3.63, 3.8) is 0 Å². The van der Waals surface area contributed by atoms with Crippen molar-refractivity contribution in [1.29, 1.82) is 0 Å². The first-order valence-electron chi connectivity index (χ1n) is 5.02. The molecule has 1 N–H and O–H groups in total. The maximum absolute atomic E-state index is 10.4. The molecule has 2 rings (SSSR count). The van der Waals surface area contributed by atoms with Crippen molar-refractivity contribution in [2.75, 3.05) is 7.05 Å². The van der Waals surface area contributed by atoms with Gasteiger partial charge in [0.05, 0.1) is 5.69 Å². The molecule has 4 heteroatoms. The summed E-state index contributed by atoms with van der Waals surface area (Å²) in [5.41, 5.74) is 3.38. The fraction of sp³-hybridized carbons (Fsp3) is 0.455. The van der Waals surface area contributed by atoms with Crippen molar-refractivity contribution < 1.29 is 9.90 Å². The van der Waals surface area contributed by atoms with Gasteiger partial charge in [-0.25, -0.2) is 0 Å². The Balaban J connectivity index is 2.09. The summed E-state index contributed by atoms with van der Waals surface area (Å²) >= 11 is 0. The second-order valence-corrected chi connectivity index (χ2v) is 4.02. The molecule has 0 bridgehead atoms. The van der Waals surface area contributed by atoms with Crippen LogP contribution in [0.1, 0.15) is 23.2 Å². The van der Waals surface area contributed by atoms with E-state index in [1.807, 2.05) is 0 Å². The zero-order valence-electron chi connectivity index (χ0n) is 8.73. The lowest BCUT2D eigenvalue weighted by molar-refractivity contribution is -0.136. The molecule has 0 radical (unpaired) electrons. The Morgan fingerprint density at radius 1 is 1.60 bits per heavy atom. The minimum Gasteiger partial charge on any atom is -0.481 e. The highest BCUT2D eigenvalue weighted by atomic mass is 16.4. The minimum absolute atomic E-state index is 0.177. The molecule has 1 aliphatic rings. The maximum Gasteiger partial charge on any atom is 0.303 e. The van der Waals surface area contributed by atoms with E-state index in [1.54, 1.807) is 6.20 Å². The number of aryl methyl sites for hydroxylation is 1. The number of hydrogen-bond donors (Lipinski definition) is 1. The molecule has 1 aromatic rings. The highest BCUT2D eigenvalue weighted by molar-refractivity contribution is 5.67. The molecule has 1 aromatic heterocycles. The van der Waals surface area contributed by atoms with Crippen LogP contribution < -0.4 is 0 Å². The van der Waals surface area contributed by atoms with Gasteiger partial charge in [0.1, 0.15) is 0 Å². The van der Waals surface area contributed by atoms with Crippen molar-refractivity contribution >= 4 is 5.97 Å². The van der Waals surface area contributed by atoms with Gasteiger partial charge >= 0.3 is 5.97 Å². The van der Waals surface area contributed by atoms with Gasteiger partial charge in [-0.3, -0.25) is 14.7 Å². The molecule has 0 unspecified atom stereocenters. The summed E-state index contributed by atoms with van der Waals surface area (Å²) in [7, 11) is 2.05. The van der Waals surface area contributed by atoms with Crippen molar-refractivity contribution in [3.05, 3.63) is 29.1 Å². The van der Waals surface area contributed by atoms with E-state index in [0.717, 1.165) is 24.3 Å². The fourth-order valence-corrected chi connectivity index (χ4v) is 1.86. The van der Waals surface area contributed by atoms with Crippen molar-refractivity contribution in [1.82, 2.24) is 9.88 Å². The Labute approximate surface area is 88.6 Å². The van der Waals surface area contributed by atoms with E-state index in [1.165, 1.54) is 5.56 Å². The predicted octanol–water partition coefficient (Wildman–Crippen LogP) is 1.04. The number of pyridine rings is 1. The summed E-state index contributed by atoms with van der Waals surface area (Å²) < 4.78 is 0. The van der Waals surface area contributed by atoms with Gasteiger partial charge in [-0.05, 0) is 24.6 Å². The number of rotatable bonds is 3. The number of carbonyl (C=O) groups is 1. The highest BCUT2D eigenvalue weighted by Crippen LogP contribution is 2.20. The molecule has 0 aliphatic carbocycles. The second-order valence-electron chi connectivity index (χ2n) is 4.02. The highest BCUT2D eigenvalue weighted by Gasteiger charge is 2.16. The van der Waals surface area contributed by atoms with E-state index in [0.29, 0.717) is 6.42 Å². The minimum atomic E-state index is -0.757. The van der Waals surface area contributed by atoms with Crippen LogP contribution in [0.3, 0.4) is 0 Å². The number of carboxylic acid groups (broad SMARTS) is 1. The number of nitrogens with zero attached hydrogens (tertiary/aromatic N) is 2. The van der Waals surface area contributed by atoms with Crippen LogP contribution in [0, 0.1) is 0 Å². The normalized spacial score (nSPS) is 15.3. The number of fused-ring (bicyclic) bond motifs is 1. The molecule has 15 heavy (non-hydrogen) atoms. The molecule has 0 spiro atoms. The Morgan fingerprint density at radius 2 is 2.40 bits per heavy atom. The SMILES string of the molecule is CN1Cc2cc(CCC(=O)O)cnc2C1. The van der Waals surface area contributed by atoms with E-state index < -0.39 is 5.97 Å². The lowest BCUT2D eigenvalue weighted by Crippen LogP contribution is -2.07. The molecule has 2 heterocycles. The van der Waals surface area contributed by atoms with Gasteiger partial charge < -0.3 is 5.11 Å². The quantitative estimate of drug-likeness (QED) is 0.803. The topological polar surface area (TPSA) is 53.4 Å². The number of hydrogen-bond acceptors (Lipinski definition) is 3. The summed E-state index contributed by atoms with van der Waals surface area (Å²) in [5.74, 6) is -0.757. The smallest absolute Gasteiger partial charge is 0.303 e. The molecule has 0 saturated carbocycles. The summed E-state index contributed by atoms with van der Waals surface area (Å²) in [6, 6.07) is 2.08. The zero-order chi connectivity index (χ0) is 10.8. The van der Waals surface area contributed by atoms with Crippen LogP contribution in [0.25, 0.3) is 0 Å². The number of carboxylic acids is 1. The summed E-state index contributed by atoms with van der Waals surface area (Å²) in [6.07, 6.45) is 2.54. The number of aromatic nitrogens is 1. The van der Waals surface area contributed by atoms with E-state index in [-0.39, 0.29) is 6.42 Å². The van der Waals surface area contributed by atoms with Crippen LogP contribution >= 0.6 is 0 Å². The lowest BCUT2D eigenvalue weighted by atomic mass is 10.1. The first-order valence-corrected chi connectivity index (χ1v) is 5.02. The van der Waals surface area contributed by atoms with Gasteiger partial charge in [-0.1, -0.05) is 6.07 Å². The van der Waals surface area contributed by atoms with Gasteiger partial charge in [0.2, 0.25) is 0 Å². The number of aliphatic carboxylic acids is 1. The van der Waals surface area contributed by atoms with Crippen LogP contribution in [0.5, 0.6) is 0 Å². The van der Waals surface area contributed by atoms with Crippen LogP contribution in [0.4, 0.5) is 0 Å². The second kappa shape index (κ2) is 3.98. The van der Waals surface area contributed by atoms with Crippen molar-refractivity contribution in [2.45, 2.75) is 25.9 Å². The molecule has 0 amide bonds. The van der Waals surface area contributed by atoms with Gasteiger partial charge in [-0.15, -0.1) is 0 Å². The van der Waals surface area contributed by atoms with Gasteiger partial charge in [-0.2, -0.15) is 0 Å². The molecule has 0 atom stereocenters. The molecule has 0 saturated heterocycles. The van der Waals surface area contributed by atoms with Crippen molar-refractivity contribution in [3.8, 4) is 0 Å².